The number of carbonyl (C=O) groups is 2. The highest BCUT2D eigenvalue weighted by Gasteiger charge is 2.27. The predicted octanol–water partition coefficient (Wildman–Crippen LogP) is 5.39. The van der Waals surface area contributed by atoms with E-state index in [0.29, 0.717) is 42.4 Å². The number of amides is 2. The number of benzene rings is 3. The number of nitrogens with zero attached hydrogens (tertiary/aromatic N) is 3. The maximum Gasteiger partial charge on any atom is 0.253 e. The van der Waals surface area contributed by atoms with Crippen molar-refractivity contribution in [1.82, 2.24) is 20.4 Å². The molecule has 0 radical (unpaired) electrons. The summed E-state index contributed by atoms with van der Waals surface area (Å²) in [5.74, 6) is 0.737. The zero-order valence-corrected chi connectivity index (χ0v) is 22.3. The van der Waals surface area contributed by atoms with Gasteiger partial charge in [-0.05, 0) is 63.5 Å². The van der Waals surface area contributed by atoms with Gasteiger partial charge in [0.1, 0.15) is 0 Å². The summed E-state index contributed by atoms with van der Waals surface area (Å²) in [7, 11) is 0. The standard InChI is InChI=1S/C31H33N5O3/c1-21-9-8-12-25(19-21)29-34-28(39-35-29)20-36-17-15-24(16-18-36)30(37)33-27-14-7-6-13-26(27)31(38)32-22(2)23-10-4-3-5-11-23/h3-14,19,22,24H,15-18,20H2,1-2H3,(H,32,38)(H,33,37). The third-order valence-electron chi connectivity index (χ3n) is 7.14. The first kappa shape index (κ1) is 26.3. The molecule has 0 bridgehead atoms. The summed E-state index contributed by atoms with van der Waals surface area (Å²) in [4.78, 5) is 33.0. The van der Waals surface area contributed by atoms with Crippen LogP contribution in [0.1, 0.15) is 53.2 Å². The first-order valence-corrected chi connectivity index (χ1v) is 13.3. The second-order valence-corrected chi connectivity index (χ2v) is 10.1. The molecule has 1 atom stereocenters. The van der Waals surface area contributed by atoms with Gasteiger partial charge in [0.2, 0.25) is 17.6 Å². The van der Waals surface area contributed by atoms with Crippen LogP contribution >= 0.6 is 0 Å². The van der Waals surface area contributed by atoms with Gasteiger partial charge in [0.25, 0.3) is 5.91 Å². The highest BCUT2D eigenvalue weighted by atomic mass is 16.5. The SMILES string of the molecule is Cc1cccc(-c2noc(CN3CCC(C(=O)Nc4ccccc4C(=O)NC(C)c4ccccc4)CC3)n2)c1. The van der Waals surface area contributed by atoms with E-state index in [4.69, 9.17) is 4.52 Å². The lowest BCUT2D eigenvalue weighted by molar-refractivity contribution is -0.121. The molecule has 8 heteroatoms. The van der Waals surface area contributed by atoms with Gasteiger partial charge in [-0.2, -0.15) is 4.98 Å². The Hall–Kier alpha value is -4.30. The molecule has 1 unspecified atom stereocenters. The maximum absolute atomic E-state index is 13.1. The average Bonchev–Trinajstić information content (AvgIpc) is 3.42. The molecule has 1 aliphatic rings. The Morgan fingerprint density at radius 3 is 2.51 bits per heavy atom. The van der Waals surface area contributed by atoms with Crippen molar-refractivity contribution in [1.29, 1.82) is 0 Å². The number of aromatic nitrogens is 2. The topological polar surface area (TPSA) is 100 Å². The van der Waals surface area contributed by atoms with Gasteiger partial charge in [-0.1, -0.05) is 71.4 Å². The van der Waals surface area contributed by atoms with Crippen LogP contribution in [0, 0.1) is 12.8 Å². The highest BCUT2D eigenvalue weighted by Crippen LogP contribution is 2.24. The van der Waals surface area contributed by atoms with Crippen molar-refractivity contribution in [2.24, 2.45) is 5.92 Å². The second-order valence-electron chi connectivity index (χ2n) is 10.1. The van der Waals surface area contributed by atoms with Crippen LogP contribution in [0.5, 0.6) is 0 Å². The Morgan fingerprint density at radius 2 is 1.74 bits per heavy atom. The van der Waals surface area contributed by atoms with Crippen molar-refractivity contribution in [2.45, 2.75) is 39.3 Å². The molecular formula is C31H33N5O3. The van der Waals surface area contributed by atoms with Crippen LogP contribution in [0.2, 0.25) is 0 Å². The molecule has 200 valence electrons. The molecule has 2 N–H and O–H groups in total. The van der Waals surface area contributed by atoms with Crippen LogP contribution in [0.4, 0.5) is 5.69 Å². The number of hydrogen-bond donors (Lipinski definition) is 2. The number of anilines is 1. The number of nitrogens with one attached hydrogen (secondary N) is 2. The molecule has 3 aromatic carbocycles. The third kappa shape index (κ3) is 6.59. The lowest BCUT2D eigenvalue weighted by atomic mass is 9.95. The Balaban J connectivity index is 1.14. The summed E-state index contributed by atoms with van der Waals surface area (Å²) >= 11 is 0. The number of piperidine rings is 1. The number of para-hydroxylation sites is 1. The van der Waals surface area contributed by atoms with Crippen molar-refractivity contribution in [3.05, 3.63) is 101 Å². The Kier molecular flexibility index (Phi) is 8.13. The lowest BCUT2D eigenvalue weighted by Gasteiger charge is -2.30. The number of hydrogen-bond acceptors (Lipinski definition) is 6. The quantitative estimate of drug-likeness (QED) is 0.321. The number of likely N-dealkylation sites (tertiary alicyclic amines) is 1. The molecule has 1 aliphatic heterocycles. The van der Waals surface area contributed by atoms with Crippen molar-refractivity contribution in [2.75, 3.05) is 18.4 Å². The van der Waals surface area contributed by atoms with E-state index in [0.717, 1.165) is 29.8 Å². The molecule has 0 aliphatic carbocycles. The predicted molar refractivity (Wildman–Crippen MR) is 150 cm³/mol. The molecule has 39 heavy (non-hydrogen) atoms. The minimum Gasteiger partial charge on any atom is -0.345 e. The molecule has 2 amide bonds. The minimum atomic E-state index is -0.221. The molecule has 0 spiro atoms. The fourth-order valence-electron chi connectivity index (χ4n) is 4.89. The monoisotopic (exact) mass is 523 g/mol. The summed E-state index contributed by atoms with van der Waals surface area (Å²) in [5, 5.41) is 10.2. The molecule has 4 aromatic rings. The van der Waals surface area contributed by atoms with Gasteiger partial charge in [0, 0.05) is 11.5 Å². The van der Waals surface area contributed by atoms with Crippen LogP contribution in [0.15, 0.2) is 83.4 Å². The van der Waals surface area contributed by atoms with Crippen molar-refractivity contribution in [3.63, 3.8) is 0 Å². The largest absolute Gasteiger partial charge is 0.345 e. The van der Waals surface area contributed by atoms with Gasteiger partial charge in [-0.15, -0.1) is 0 Å². The molecule has 5 rings (SSSR count). The first-order chi connectivity index (χ1) is 19.0. The van der Waals surface area contributed by atoms with Gasteiger partial charge in [-0.3, -0.25) is 14.5 Å². The number of aryl methyl sites for hydroxylation is 1. The summed E-state index contributed by atoms with van der Waals surface area (Å²) in [6.07, 6.45) is 1.42. The molecule has 1 fully saturated rings. The van der Waals surface area contributed by atoms with E-state index in [2.05, 4.69) is 25.7 Å². The van der Waals surface area contributed by atoms with Crippen LogP contribution in [-0.2, 0) is 11.3 Å². The number of carbonyl (C=O) groups excluding carboxylic acids is 2. The highest BCUT2D eigenvalue weighted by molar-refractivity contribution is 6.04. The van der Waals surface area contributed by atoms with E-state index in [1.54, 1.807) is 18.2 Å². The van der Waals surface area contributed by atoms with Crippen LogP contribution in [0.3, 0.4) is 0 Å². The average molecular weight is 524 g/mol. The Labute approximate surface area is 228 Å². The summed E-state index contributed by atoms with van der Waals surface area (Å²) in [6, 6.07) is 24.8. The van der Waals surface area contributed by atoms with Crippen LogP contribution < -0.4 is 10.6 Å². The van der Waals surface area contributed by atoms with Crippen molar-refractivity contribution in [3.8, 4) is 11.4 Å². The zero-order valence-electron chi connectivity index (χ0n) is 22.3. The van der Waals surface area contributed by atoms with Gasteiger partial charge in [0.15, 0.2) is 0 Å². The summed E-state index contributed by atoms with van der Waals surface area (Å²) in [5.41, 5.74) is 4.07. The van der Waals surface area contributed by atoms with E-state index in [1.165, 1.54) is 0 Å². The second kappa shape index (κ2) is 12.0. The van der Waals surface area contributed by atoms with E-state index >= 15 is 0 Å². The van der Waals surface area contributed by atoms with Gasteiger partial charge >= 0.3 is 0 Å². The molecular weight excluding hydrogens is 490 g/mol. The molecule has 1 aromatic heterocycles. The number of rotatable bonds is 8. The van der Waals surface area contributed by atoms with E-state index in [1.807, 2.05) is 74.5 Å². The van der Waals surface area contributed by atoms with Gasteiger partial charge in [-0.25, -0.2) is 0 Å². The minimum absolute atomic E-state index is 0.0643. The summed E-state index contributed by atoms with van der Waals surface area (Å²) in [6.45, 7) is 6.02. The van der Waals surface area contributed by atoms with Crippen LogP contribution in [0.25, 0.3) is 11.4 Å². The van der Waals surface area contributed by atoms with Crippen molar-refractivity contribution < 1.29 is 14.1 Å². The van der Waals surface area contributed by atoms with Crippen LogP contribution in [-0.4, -0.2) is 39.9 Å². The summed E-state index contributed by atoms with van der Waals surface area (Å²) < 4.78 is 5.49. The molecule has 8 nitrogen and oxygen atoms in total. The Bertz CT molecular complexity index is 1430. The fraction of sp³-hybridized carbons (Fsp3) is 0.290. The van der Waals surface area contributed by atoms with E-state index in [9.17, 15) is 9.59 Å². The normalized spacial score (nSPS) is 15.0. The molecule has 1 saturated heterocycles. The van der Waals surface area contributed by atoms with Crippen molar-refractivity contribution >= 4 is 17.5 Å². The Morgan fingerprint density at radius 1 is 1.00 bits per heavy atom. The molecule has 0 saturated carbocycles. The third-order valence-corrected chi connectivity index (χ3v) is 7.14. The maximum atomic E-state index is 13.1. The van der Waals surface area contributed by atoms with Gasteiger partial charge < -0.3 is 15.2 Å². The van der Waals surface area contributed by atoms with Gasteiger partial charge in [0.05, 0.1) is 23.8 Å². The first-order valence-electron chi connectivity index (χ1n) is 13.3. The van der Waals surface area contributed by atoms with E-state index in [-0.39, 0.29) is 23.8 Å². The smallest absolute Gasteiger partial charge is 0.253 e. The molecule has 2 heterocycles. The van der Waals surface area contributed by atoms with E-state index < -0.39 is 0 Å². The zero-order chi connectivity index (χ0) is 27.2. The lowest BCUT2D eigenvalue weighted by Crippen LogP contribution is -2.38. The fourth-order valence-corrected chi connectivity index (χ4v) is 4.89.